The summed E-state index contributed by atoms with van der Waals surface area (Å²) in [5.41, 5.74) is 2.77. The predicted octanol–water partition coefficient (Wildman–Crippen LogP) is 1.73. The van der Waals surface area contributed by atoms with Gasteiger partial charge in [-0.2, -0.15) is 0 Å². The van der Waals surface area contributed by atoms with Gasteiger partial charge in [0.05, 0.1) is 7.11 Å². The van der Waals surface area contributed by atoms with Crippen LogP contribution < -0.4 is 10.1 Å². The standard InChI is InChI=1S/C11H15NO/c1-13-11-6-2-4-9-8-12-7-3-5-10(9)11/h2,4,6,12H,3,5,7-8H2,1H3. The summed E-state index contributed by atoms with van der Waals surface area (Å²) in [6.07, 6.45) is 2.33. The Morgan fingerprint density at radius 2 is 2.31 bits per heavy atom. The fraction of sp³-hybridized carbons (Fsp3) is 0.455. The molecular weight excluding hydrogens is 162 g/mol. The highest BCUT2D eigenvalue weighted by Gasteiger charge is 2.10. The Labute approximate surface area is 78.9 Å². The number of hydrogen-bond acceptors (Lipinski definition) is 2. The Hall–Kier alpha value is -1.02. The minimum atomic E-state index is 0.979. The number of fused-ring (bicyclic) bond motifs is 1. The monoisotopic (exact) mass is 177 g/mol. The van der Waals surface area contributed by atoms with Gasteiger partial charge in [0.1, 0.15) is 5.75 Å². The Bertz CT molecular complexity index is 296. The van der Waals surface area contributed by atoms with E-state index >= 15 is 0 Å². The number of benzene rings is 1. The first-order chi connectivity index (χ1) is 6.42. The molecule has 0 bridgehead atoms. The number of methoxy groups -OCH3 is 1. The van der Waals surface area contributed by atoms with E-state index < -0.39 is 0 Å². The fourth-order valence-electron chi connectivity index (χ4n) is 1.86. The molecule has 1 aromatic carbocycles. The highest BCUT2D eigenvalue weighted by Crippen LogP contribution is 2.24. The summed E-state index contributed by atoms with van der Waals surface area (Å²) < 4.78 is 5.34. The number of rotatable bonds is 1. The average Bonchev–Trinajstić information content (AvgIpc) is 2.41. The predicted molar refractivity (Wildman–Crippen MR) is 53.0 cm³/mol. The summed E-state index contributed by atoms with van der Waals surface area (Å²) in [6, 6.07) is 6.28. The molecule has 70 valence electrons. The Morgan fingerprint density at radius 3 is 3.15 bits per heavy atom. The van der Waals surface area contributed by atoms with Crippen LogP contribution in [0, 0.1) is 0 Å². The van der Waals surface area contributed by atoms with Crippen LogP contribution in [0.2, 0.25) is 0 Å². The van der Waals surface area contributed by atoms with E-state index in [2.05, 4.69) is 17.4 Å². The third-order valence-corrected chi connectivity index (χ3v) is 2.55. The van der Waals surface area contributed by atoms with E-state index in [0.717, 1.165) is 25.3 Å². The maximum atomic E-state index is 5.34. The lowest BCUT2D eigenvalue weighted by atomic mass is 10.0. The average molecular weight is 177 g/mol. The van der Waals surface area contributed by atoms with Crippen molar-refractivity contribution in [2.45, 2.75) is 19.4 Å². The second-order valence-corrected chi connectivity index (χ2v) is 3.38. The first kappa shape index (κ1) is 8.57. The van der Waals surface area contributed by atoms with Gasteiger partial charge in [0, 0.05) is 6.54 Å². The zero-order valence-electron chi connectivity index (χ0n) is 7.97. The zero-order valence-corrected chi connectivity index (χ0v) is 7.97. The van der Waals surface area contributed by atoms with Gasteiger partial charge in [-0.1, -0.05) is 12.1 Å². The molecule has 2 rings (SSSR count). The van der Waals surface area contributed by atoms with E-state index in [-0.39, 0.29) is 0 Å². The molecule has 0 atom stereocenters. The lowest BCUT2D eigenvalue weighted by Gasteiger charge is -2.10. The summed E-state index contributed by atoms with van der Waals surface area (Å²) in [4.78, 5) is 0. The molecule has 2 heteroatoms. The van der Waals surface area contributed by atoms with E-state index in [9.17, 15) is 0 Å². The molecule has 1 aromatic rings. The maximum Gasteiger partial charge on any atom is 0.122 e. The summed E-state index contributed by atoms with van der Waals surface area (Å²) >= 11 is 0. The van der Waals surface area contributed by atoms with Crippen LogP contribution in [0.4, 0.5) is 0 Å². The molecular formula is C11H15NO. The van der Waals surface area contributed by atoms with Crippen molar-refractivity contribution in [3.8, 4) is 5.75 Å². The number of nitrogens with one attached hydrogen (secondary N) is 1. The lowest BCUT2D eigenvalue weighted by molar-refractivity contribution is 0.409. The summed E-state index contributed by atoms with van der Waals surface area (Å²) in [7, 11) is 1.74. The lowest BCUT2D eigenvalue weighted by Crippen LogP contribution is -2.11. The van der Waals surface area contributed by atoms with Crippen molar-refractivity contribution in [2.24, 2.45) is 0 Å². The van der Waals surface area contributed by atoms with Crippen molar-refractivity contribution in [3.05, 3.63) is 29.3 Å². The van der Waals surface area contributed by atoms with E-state index in [1.165, 1.54) is 17.5 Å². The van der Waals surface area contributed by atoms with Gasteiger partial charge in [0.15, 0.2) is 0 Å². The molecule has 0 unspecified atom stereocenters. The van der Waals surface area contributed by atoms with Crippen LogP contribution in [0.3, 0.4) is 0 Å². The highest BCUT2D eigenvalue weighted by atomic mass is 16.5. The largest absolute Gasteiger partial charge is 0.496 e. The van der Waals surface area contributed by atoms with Gasteiger partial charge < -0.3 is 10.1 Å². The first-order valence-corrected chi connectivity index (χ1v) is 4.77. The van der Waals surface area contributed by atoms with E-state index in [1.54, 1.807) is 7.11 Å². The van der Waals surface area contributed by atoms with E-state index in [4.69, 9.17) is 4.74 Å². The zero-order chi connectivity index (χ0) is 9.10. The third kappa shape index (κ3) is 1.68. The quantitative estimate of drug-likeness (QED) is 0.705. The molecule has 1 N–H and O–H groups in total. The highest BCUT2D eigenvalue weighted by molar-refractivity contribution is 5.40. The maximum absolute atomic E-state index is 5.34. The summed E-state index contributed by atoms with van der Waals surface area (Å²) in [5, 5.41) is 3.40. The minimum Gasteiger partial charge on any atom is -0.496 e. The van der Waals surface area contributed by atoms with Crippen LogP contribution in [0.15, 0.2) is 18.2 Å². The Balaban J connectivity index is 2.40. The second kappa shape index (κ2) is 3.79. The van der Waals surface area contributed by atoms with Crippen LogP contribution in [-0.2, 0) is 13.0 Å². The molecule has 0 spiro atoms. The molecule has 0 aromatic heterocycles. The molecule has 0 saturated heterocycles. The molecule has 0 fully saturated rings. The van der Waals surface area contributed by atoms with Gasteiger partial charge >= 0.3 is 0 Å². The smallest absolute Gasteiger partial charge is 0.122 e. The van der Waals surface area contributed by atoms with Crippen molar-refractivity contribution in [2.75, 3.05) is 13.7 Å². The van der Waals surface area contributed by atoms with Crippen LogP contribution in [0.25, 0.3) is 0 Å². The van der Waals surface area contributed by atoms with Crippen LogP contribution in [0.1, 0.15) is 17.5 Å². The van der Waals surface area contributed by atoms with Crippen LogP contribution in [0.5, 0.6) is 5.75 Å². The molecule has 1 aliphatic heterocycles. The first-order valence-electron chi connectivity index (χ1n) is 4.77. The van der Waals surface area contributed by atoms with Gasteiger partial charge in [-0.3, -0.25) is 0 Å². The molecule has 0 saturated carbocycles. The van der Waals surface area contributed by atoms with Gasteiger partial charge in [0.25, 0.3) is 0 Å². The van der Waals surface area contributed by atoms with Crippen molar-refractivity contribution < 1.29 is 4.74 Å². The van der Waals surface area contributed by atoms with Crippen molar-refractivity contribution in [1.29, 1.82) is 0 Å². The fourth-order valence-corrected chi connectivity index (χ4v) is 1.86. The van der Waals surface area contributed by atoms with Crippen molar-refractivity contribution >= 4 is 0 Å². The SMILES string of the molecule is COc1cccc2c1CCCNC2. The molecule has 2 nitrogen and oxygen atoms in total. The number of hydrogen-bond donors (Lipinski definition) is 1. The van der Waals surface area contributed by atoms with E-state index in [1.807, 2.05) is 6.07 Å². The molecule has 13 heavy (non-hydrogen) atoms. The second-order valence-electron chi connectivity index (χ2n) is 3.38. The van der Waals surface area contributed by atoms with Crippen molar-refractivity contribution in [3.63, 3.8) is 0 Å². The normalized spacial score (nSPS) is 16.1. The third-order valence-electron chi connectivity index (χ3n) is 2.55. The van der Waals surface area contributed by atoms with Gasteiger partial charge in [-0.05, 0) is 36.6 Å². The van der Waals surface area contributed by atoms with Gasteiger partial charge in [0.2, 0.25) is 0 Å². The number of ether oxygens (including phenoxy) is 1. The van der Waals surface area contributed by atoms with Gasteiger partial charge in [-0.15, -0.1) is 0 Å². The van der Waals surface area contributed by atoms with E-state index in [0.29, 0.717) is 0 Å². The molecule has 0 aliphatic carbocycles. The topological polar surface area (TPSA) is 21.3 Å². The Kier molecular flexibility index (Phi) is 2.50. The molecule has 1 heterocycles. The summed E-state index contributed by atoms with van der Waals surface area (Å²) in [5.74, 6) is 1.04. The summed E-state index contributed by atoms with van der Waals surface area (Å²) in [6.45, 7) is 2.09. The van der Waals surface area contributed by atoms with Crippen LogP contribution in [-0.4, -0.2) is 13.7 Å². The molecule has 0 amide bonds. The van der Waals surface area contributed by atoms with Gasteiger partial charge in [-0.25, -0.2) is 0 Å². The van der Waals surface area contributed by atoms with Crippen LogP contribution >= 0.6 is 0 Å². The Morgan fingerprint density at radius 1 is 1.38 bits per heavy atom. The molecule has 0 radical (unpaired) electrons. The minimum absolute atomic E-state index is 0.979. The van der Waals surface area contributed by atoms with Crippen molar-refractivity contribution in [1.82, 2.24) is 5.32 Å². The molecule has 1 aliphatic rings.